The van der Waals surface area contributed by atoms with Crippen LogP contribution in [0.15, 0.2) is 180 Å². The van der Waals surface area contributed by atoms with Gasteiger partial charge in [-0.2, -0.15) is 0 Å². The van der Waals surface area contributed by atoms with Crippen molar-refractivity contribution in [2.45, 2.75) is 12.0 Å². The van der Waals surface area contributed by atoms with E-state index in [1.165, 1.54) is 32.7 Å². The van der Waals surface area contributed by atoms with Crippen LogP contribution in [0, 0.1) is 0 Å². The summed E-state index contributed by atoms with van der Waals surface area (Å²) in [6.45, 7) is 0. The number of para-hydroxylation sites is 3. The van der Waals surface area contributed by atoms with Crippen molar-refractivity contribution in [1.82, 2.24) is 19.5 Å². The molecule has 2 unspecified atom stereocenters. The Kier molecular flexibility index (Phi) is 6.95. The molecule has 0 amide bonds. The molecule has 0 bridgehead atoms. The van der Waals surface area contributed by atoms with Gasteiger partial charge in [0.05, 0.1) is 16.9 Å². The van der Waals surface area contributed by atoms with E-state index >= 15 is 0 Å². The number of rotatable bonds is 5. The number of hydrogen-bond acceptors (Lipinski definition) is 5. The molecule has 3 aromatic heterocycles. The number of nitrogens with zero attached hydrogens (tertiary/aromatic N) is 5. The van der Waals surface area contributed by atoms with Gasteiger partial charge < -0.3 is 13.9 Å². The summed E-state index contributed by atoms with van der Waals surface area (Å²) in [6, 6.07) is 61.3. The summed E-state index contributed by atoms with van der Waals surface area (Å²) in [6.07, 6.45) is 4.97. The Bertz CT molecular complexity index is 3260. The highest BCUT2D eigenvalue weighted by molar-refractivity contribution is 6.12. The smallest absolute Gasteiger partial charge is 0.164 e. The van der Waals surface area contributed by atoms with Crippen molar-refractivity contribution in [3.05, 3.63) is 192 Å². The molecule has 57 heavy (non-hydrogen) atoms. The SMILES string of the molecule is C1=c2c(n(-c3ccccc3)c3ccccc23)=CC2C1c1ccccc1N2c1ccc2c(c1)oc1cccc(-c3nc(-c4ccccc4)nc(-c4ccccc4)n3)c12. The van der Waals surface area contributed by atoms with E-state index in [2.05, 4.69) is 125 Å². The van der Waals surface area contributed by atoms with E-state index in [4.69, 9.17) is 19.4 Å². The first kappa shape index (κ1) is 31.7. The minimum atomic E-state index is 0.0668. The highest BCUT2D eigenvalue weighted by Gasteiger charge is 2.39. The third-order valence-electron chi connectivity index (χ3n) is 11.6. The second kappa shape index (κ2) is 12.5. The van der Waals surface area contributed by atoms with Crippen LogP contribution in [0.25, 0.3) is 84.8 Å². The van der Waals surface area contributed by atoms with E-state index in [1.807, 2.05) is 72.8 Å². The summed E-state index contributed by atoms with van der Waals surface area (Å²) >= 11 is 0. The maximum absolute atomic E-state index is 6.72. The average molecular weight is 732 g/mol. The van der Waals surface area contributed by atoms with Crippen LogP contribution in [0.1, 0.15) is 11.5 Å². The van der Waals surface area contributed by atoms with Gasteiger partial charge >= 0.3 is 0 Å². The van der Waals surface area contributed by atoms with Crippen LogP contribution in [-0.2, 0) is 0 Å². The molecule has 0 fully saturated rings. The molecule has 12 rings (SSSR count). The van der Waals surface area contributed by atoms with Gasteiger partial charge in [0.15, 0.2) is 17.5 Å². The number of furan rings is 1. The molecule has 0 saturated carbocycles. The van der Waals surface area contributed by atoms with Crippen molar-refractivity contribution in [1.29, 1.82) is 0 Å². The Labute approximate surface area is 328 Å². The quantitative estimate of drug-likeness (QED) is 0.176. The monoisotopic (exact) mass is 731 g/mol. The van der Waals surface area contributed by atoms with Crippen LogP contribution in [0.3, 0.4) is 0 Å². The number of fused-ring (bicyclic) bond motifs is 9. The Balaban J connectivity index is 1.03. The molecule has 6 heteroatoms. The molecule has 0 saturated heterocycles. The molecule has 0 spiro atoms. The molecule has 0 N–H and O–H groups in total. The van der Waals surface area contributed by atoms with Gasteiger partial charge in [0.2, 0.25) is 0 Å². The standard InChI is InChI=1S/C51H33N5O/c1-4-15-32(16-5-1)49-52-50(33-17-6-2-7-18-33)54-51(53-49)39-23-14-26-46-48(39)38-28-27-35(29-47(38)57-46)56-43-25-13-11-22-37(43)41-30-40-36-21-10-12-24-42(36)55(44(40)31-45(41)56)34-19-8-3-9-20-34/h1-31,41,45H. The lowest BCUT2D eigenvalue weighted by atomic mass is 9.90. The fourth-order valence-corrected chi connectivity index (χ4v) is 9.07. The van der Waals surface area contributed by atoms with Gasteiger partial charge in [-0.25, -0.2) is 15.0 Å². The molecule has 10 aromatic rings. The fraction of sp³-hybridized carbons (Fsp3) is 0.0392. The second-order valence-electron chi connectivity index (χ2n) is 14.8. The zero-order valence-electron chi connectivity index (χ0n) is 30.7. The van der Waals surface area contributed by atoms with Crippen molar-refractivity contribution in [3.63, 3.8) is 0 Å². The van der Waals surface area contributed by atoms with Crippen molar-refractivity contribution in [2.75, 3.05) is 4.90 Å². The fourth-order valence-electron chi connectivity index (χ4n) is 9.07. The number of hydrogen-bond donors (Lipinski definition) is 0. The van der Waals surface area contributed by atoms with Crippen molar-refractivity contribution >= 4 is 56.4 Å². The topological polar surface area (TPSA) is 60.0 Å². The lowest BCUT2D eigenvalue weighted by Crippen LogP contribution is -2.40. The van der Waals surface area contributed by atoms with E-state index in [0.717, 1.165) is 50.0 Å². The Hall–Kier alpha value is -7.57. The minimum absolute atomic E-state index is 0.0668. The van der Waals surface area contributed by atoms with Gasteiger partial charge in [0.1, 0.15) is 11.2 Å². The van der Waals surface area contributed by atoms with E-state index < -0.39 is 0 Å². The maximum atomic E-state index is 6.72. The zero-order chi connectivity index (χ0) is 37.5. The largest absolute Gasteiger partial charge is 0.456 e. The van der Waals surface area contributed by atoms with Crippen LogP contribution in [0.5, 0.6) is 0 Å². The van der Waals surface area contributed by atoms with Gasteiger partial charge in [-0.05, 0) is 54.1 Å². The lowest BCUT2D eigenvalue weighted by Gasteiger charge is -2.29. The Morgan fingerprint density at radius 1 is 0.491 bits per heavy atom. The van der Waals surface area contributed by atoms with E-state index in [9.17, 15) is 0 Å². The van der Waals surface area contributed by atoms with Crippen molar-refractivity contribution in [2.24, 2.45) is 0 Å². The summed E-state index contributed by atoms with van der Waals surface area (Å²) in [4.78, 5) is 17.6. The Morgan fingerprint density at radius 3 is 1.93 bits per heavy atom. The van der Waals surface area contributed by atoms with Crippen LogP contribution < -0.4 is 15.5 Å². The van der Waals surface area contributed by atoms with Gasteiger partial charge in [-0.15, -0.1) is 0 Å². The lowest BCUT2D eigenvalue weighted by molar-refractivity contribution is 0.668. The summed E-state index contributed by atoms with van der Waals surface area (Å²) in [5.74, 6) is 2.05. The van der Waals surface area contributed by atoms with Crippen molar-refractivity contribution < 1.29 is 4.42 Å². The number of aromatic nitrogens is 4. The van der Waals surface area contributed by atoms with Gasteiger partial charge in [-0.1, -0.05) is 133 Å². The average Bonchev–Trinajstić information content (AvgIpc) is 3.93. The molecule has 6 nitrogen and oxygen atoms in total. The Morgan fingerprint density at radius 2 is 1.16 bits per heavy atom. The first-order valence-corrected chi connectivity index (χ1v) is 19.4. The third-order valence-corrected chi connectivity index (χ3v) is 11.6. The van der Waals surface area contributed by atoms with Gasteiger partial charge in [0, 0.05) is 67.1 Å². The molecule has 7 aromatic carbocycles. The molecular formula is C51H33N5O. The zero-order valence-corrected chi connectivity index (χ0v) is 30.7. The minimum Gasteiger partial charge on any atom is -0.456 e. The van der Waals surface area contributed by atoms with Crippen LogP contribution in [0.4, 0.5) is 11.4 Å². The summed E-state index contributed by atoms with van der Waals surface area (Å²) < 4.78 is 9.13. The van der Waals surface area contributed by atoms with Crippen LogP contribution in [-0.4, -0.2) is 25.6 Å². The van der Waals surface area contributed by atoms with Crippen LogP contribution >= 0.6 is 0 Å². The normalized spacial score (nSPS) is 15.6. The molecule has 1 aliphatic carbocycles. The van der Waals surface area contributed by atoms with E-state index in [-0.39, 0.29) is 12.0 Å². The highest BCUT2D eigenvalue weighted by Crippen LogP contribution is 2.48. The third kappa shape index (κ3) is 4.94. The molecule has 268 valence electrons. The van der Waals surface area contributed by atoms with E-state index in [1.54, 1.807) is 0 Å². The summed E-state index contributed by atoms with van der Waals surface area (Å²) in [5.41, 5.74) is 10.4. The first-order valence-electron chi connectivity index (χ1n) is 19.4. The van der Waals surface area contributed by atoms with Gasteiger partial charge in [-0.3, -0.25) is 0 Å². The van der Waals surface area contributed by atoms with Crippen molar-refractivity contribution in [3.8, 4) is 39.9 Å². The molecule has 2 atom stereocenters. The highest BCUT2D eigenvalue weighted by atomic mass is 16.3. The predicted octanol–water partition coefficient (Wildman–Crippen LogP) is 10.6. The maximum Gasteiger partial charge on any atom is 0.164 e. The molecular weight excluding hydrogens is 699 g/mol. The molecule has 1 aliphatic heterocycles. The second-order valence-corrected chi connectivity index (χ2v) is 14.8. The summed E-state index contributed by atoms with van der Waals surface area (Å²) in [7, 11) is 0. The first-order chi connectivity index (χ1) is 28.3. The summed E-state index contributed by atoms with van der Waals surface area (Å²) in [5, 5.41) is 5.78. The molecule has 0 radical (unpaired) electrons. The molecule has 2 aliphatic rings. The number of anilines is 2. The van der Waals surface area contributed by atoms with Gasteiger partial charge in [0.25, 0.3) is 0 Å². The number of benzene rings is 7. The predicted molar refractivity (Wildman–Crippen MR) is 230 cm³/mol. The van der Waals surface area contributed by atoms with E-state index in [0.29, 0.717) is 17.5 Å². The molecule has 4 heterocycles. The van der Waals surface area contributed by atoms with Crippen LogP contribution in [0.2, 0.25) is 0 Å².